The Morgan fingerprint density at radius 2 is 2.10 bits per heavy atom. The Morgan fingerprint density at radius 3 is 2.80 bits per heavy atom. The van der Waals surface area contributed by atoms with Crippen LogP contribution in [0.4, 0.5) is 5.69 Å². The average molecular weight is 277 g/mol. The Bertz CT molecular complexity index is 504. The number of carbonyl (C=O) groups excluding carboxylic acids is 2. The number of nitrogen functional groups attached to an aromatic ring is 1. The van der Waals surface area contributed by atoms with Gasteiger partial charge in [-0.05, 0) is 12.1 Å². The third-order valence-corrected chi connectivity index (χ3v) is 3.30. The zero-order valence-corrected chi connectivity index (χ0v) is 11.5. The highest BCUT2D eigenvalue weighted by atomic mass is 16.5. The molecule has 0 atom stereocenters. The lowest BCUT2D eigenvalue weighted by Crippen LogP contribution is -2.50. The van der Waals surface area contributed by atoms with Gasteiger partial charge in [-0.3, -0.25) is 9.59 Å². The van der Waals surface area contributed by atoms with Gasteiger partial charge in [-0.2, -0.15) is 0 Å². The second-order valence-electron chi connectivity index (χ2n) is 4.77. The molecule has 1 aromatic rings. The van der Waals surface area contributed by atoms with Crippen molar-refractivity contribution in [3.63, 3.8) is 0 Å². The largest absolute Gasteiger partial charge is 0.491 e. The maximum absolute atomic E-state index is 12.0. The summed E-state index contributed by atoms with van der Waals surface area (Å²) in [6, 6.07) is 7.16. The number of para-hydroxylation sites is 2. The normalized spacial score (nSPS) is 15.3. The summed E-state index contributed by atoms with van der Waals surface area (Å²) in [5.74, 6) is 0.480. The van der Waals surface area contributed by atoms with E-state index < -0.39 is 0 Å². The first-order valence-electron chi connectivity index (χ1n) is 6.57. The van der Waals surface area contributed by atoms with Crippen LogP contribution in [0.25, 0.3) is 0 Å². The quantitative estimate of drug-likeness (QED) is 0.805. The topological polar surface area (TPSA) is 75.9 Å². The molecule has 2 amide bonds. The van der Waals surface area contributed by atoms with Crippen molar-refractivity contribution in [2.75, 3.05) is 39.0 Å². The van der Waals surface area contributed by atoms with Crippen molar-refractivity contribution >= 4 is 17.5 Å². The maximum atomic E-state index is 12.0. The van der Waals surface area contributed by atoms with Crippen molar-refractivity contribution in [3.8, 4) is 5.75 Å². The smallest absolute Gasteiger partial charge is 0.241 e. The molecular weight excluding hydrogens is 258 g/mol. The molecule has 1 heterocycles. The van der Waals surface area contributed by atoms with Gasteiger partial charge in [-0.1, -0.05) is 12.1 Å². The van der Waals surface area contributed by atoms with Gasteiger partial charge in [-0.15, -0.1) is 0 Å². The van der Waals surface area contributed by atoms with E-state index in [4.69, 9.17) is 10.5 Å². The molecule has 108 valence electrons. The second-order valence-corrected chi connectivity index (χ2v) is 4.77. The Kier molecular flexibility index (Phi) is 4.45. The van der Waals surface area contributed by atoms with Gasteiger partial charge in [0.25, 0.3) is 0 Å². The lowest BCUT2D eigenvalue weighted by atomic mass is 10.3. The van der Waals surface area contributed by atoms with E-state index in [9.17, 15) is 9.59 Å². The predicted octanol–water partition coefficient (Wildman–Crippen LogP) is 0.338. The lowest BCUT2D eigenvalue weighted by molar-refractivity contribution is -0.144. The summed E-state index contributed by atoms with van der Waals surface area (Å²) < 4.78 is 5.48. The molecule has 1 fully saturated rings. The molecule has 6 heteroatoms. The molecule has 1 saturated heterocycles. The summed E-state index contributed by atoms with van der Waals surface area (Å²) in [5, 5.41) is 0. The van der Waals surface area contributed by atoms with E-state index >= 15 is 0 Å². The highest BCUT2D eigenvalue weighted by Crippen LogP contribution is 2.19. The third kappa shape index (κ3) is 3.40. The van der Waals surface area contributed by atoms with Gasteiger partial charge in [-0.25, -0.2) is 0 Å². The molecule has 2 N–H and O–H groups in total. The molecule has 20 heavy (non-hydrogen) atoms. The number of benzene rings is 1. The van der Waals surface area contributed by atoms with Crippen LogP contribution in [-0.2, 0) is 9.59 Å². The second kappa shape index (κ2) is 6.27. The van der Waals surface area contributed by atoms with E-state index in [-0.39, 0.29) is 31.4 Å². The summed E-state index contributed by atoms with van der Waals surface area (Å²) in [7, 11) is 1.74. The van der Waals surface area contributed by atoms with Gasteiger partial charge in [0.1, 0.15) is 5.75 Å². The summed E-state index contributed by atoms with van der Waals surface area (Å²) >= 11 is 0. The zero-order valence-electron chi connectivity index (χ0n) is 11.5. The molecule has 0 aromatic heterocycles. The summed E-state index contributed by atoms with van der Waals surface area (Å²) in [5.41, 5.74) is 6.29. The highest BCUT2D eigenvalue weighted by Gasteiger charge is 2.24. The van der Waals surface area contributed by atoms with Gasteiger partial charge in [0, 0.05) is 20.1 Å². The molecule has 0 unspecified atom stereocenters. The van der Waals surface area contributed by atoms with Crippen molar-refractivity contribution in [2.24, 2.45) is 0 Å². The first-order valence-corrected chi connectivity index (χ1v) is 6.57. The number of likely N-dealkylation sites (N-methyl/N-ethyl adjacent to an activating group) is 1. The number of piperazine rings is 1. The molecule has 2 rings (SSSR count). The van der Waals surface area contributed by atoms with Crippen LogP contribution in [-0.4, -0.2) is 54.9 Å². The number of hydrogen-bond acceptors (Lipinski definition) is 4. The lowest BCUT2D eigenvalue weighted by Gasteiger charge is -2.32. The monoisotopic (exact) mass is 277 g/mol. The van der Waals surface area contributed by atoms with Crippen LogP contribution in [0.15, 0.2) is 24.3 Å². The first kappa shape index (κ1) is 14.2. The van der Waals surface area contributed by atoms with Crippen molar-refractivity contribution in [1.82, 2.24) is 9.80 Å². The van der Waals surface area contributed by atoms with Crippen molar-refractivity contribution < 1.29 is 14.3 Å². The third-order valence-electron chi connectivity index (χ3n) is 3.30. The predicted molar refractivity (Wildman–Crippen MR) is 75.2 cm³/mol. The van der Waals surface area contributed by atoms with Crippen LogP contribution in [0.3, 0.4) is 0 Å². The van der Waals surface area contributed by atoms with Crippen LogP contribution >= 0.6 is 0 Å². The van der Waals surface area contributed by atoms with Gasteiger partial charge in [0.15, 0.2) is 0 Å². The van der Waals surface area contributed by atoms with Crippen LogP contribution in [0.2, 0.25) is 0 Å². The number of hydrogen-bond donors (Lipinski definition) is 1. The van der Waals surface area contributed by atoms with E-state index in [0.717, 1.165) is 0 Å². The minimum atomic E-state index is -0.0686. The molecule has 0 saturated carbocycles. The van der Waals surface area contributed by atoms with Gasteiger partial charge < -0.3 is 20.3 Å². The molecular formula is C14H19N3O3. The Hall–Kier alpha value is -2.24. The van der Waals surface area contributed by atoms with E-state index in [1.807, 2.05) is 12.1 Å². The summed E-state index contributed by atoms with van der Waals surface area (Å²) in [6.07, 6.45) is 0.241. The molecule has 0 radical (unpaired) electrons. The van der Waals surface area contributed by atoms with Crippen LogP contribution in [0.1, 0.15) is 6.42 Å². The van der Waals surface area contributed by atoms with Crippen molar-refractivity contribution in [1.29, 1.82) is 0 Å². The standard InChI is InChI=1S/C14H19N3O3/c1-16-7-8-17(10-14(16)19)13(18)6-9-20-12-5-3-2-4-11(12)15/h2-5H,6-10,15H2,1H3. The fraction of sp³-hybridized carbons (Fsp3) is 0.429. The minimum absolute atomic E-state index is 0.0298. The molecule has 0 spiro atoms. The van der Waals surface area contributed by atoms with Gasteiger partial charge in [0.05, 0.1) is 25.3 Å². The first-order chi connectivity index (χ1) is 9.58. The Morgan fingerprint density at radius 1 is 1.35 bits per heavy atom. The molecule has 0 bridgehead atoms. The van der Waals surface area contributed by atoms with Crippen LogP contribution in [0.5, 0.6) is 5.75 Å². The van der Waals surface area contributed by atoms with E-state index in [0.29, 0.717) is 24.5 Å². The number of anilines is 1. The average Bonchev–Trinajstić information content (AvgIpc) is 2.44. The number of ether oxygens (including phenoxy) is 1. The molecule has 6 nitrogen and oxygen atoms in total. The van der Waals surface area contributed by atoms with E-state index in [2.05, 4.69) is 0 Å². The Labute approximate surface area is 118 Å². The van der Waals surface area contributed by atoms with Crippen molar-refractivity contribution in [3.05, 3.63) is 24.3 Å². The fourth-order valence-electron chi connectivity index (χ4n) is 1.99. The minimum Gasteiger partial charge on any atom is -0.491 e. The zero-order chi connectivity index (χ0) is 14.5. The van der Waals surface area contributed by atoms with Crippen LogP contribution in [0, 0.1) is 0 Å². The molecule has 1 aliphatic rings. The fourth-order valence-corrected chi connectivity index (χ4v) is 1.99. The molecule has 1 aromatic carbocycles. The van der Waals surface area contributed by atoms with Crippen LogP contribution < -0.4 is 10.5 Å². The number of nitrogens with zero attached hydrogens (tertiary/aromatic N) is 2. The highest BCUT2D eigenvalue weighted by molar-refractivity contribution is 5.85. The maximum Gasteiger partial charge on any atom is 0.241 e. The van der Waals surface area contributed by atoms with Gasteiger partial charge >= 0.3 is 0 Å². The van der Waals surface area contributed by atoms with E-state index in [1.54, 1.807) is 29.0 Å². The number of carbonyl (C=O) groups is 2. The summed E-state index contributed by atoms with van der Waals surface area (Å²) in [4.78, 5) is 26.7. The number of nitrogens with two attached hydrogens (primary N) is 1. The molecule has 1 aliphatic heterocycles. The van der Waals surface area contributed by atoms with Gasteiger partial charge in [0.2, 0.25) is 11.8 Å². The SMILES string of the molecule is CN1CCN(C(=O)CCOc2ccccc2N)CC1=O. The number of rotatable bonds is 4. The van der Waals surface area contributed by atoms with E-state index in [1.165, 1.54) is 0 Å². The van der Waals surface area contributed by atoms with Crippen molar-refractivity contribution in [2.45, 2.75) is 6.42 Å². The number of amides is 2. The summed E-state index contributed by atoms with van der Waals surface area (Å²) in [6.45, 7) is 1.57. The molecule has 0 aliphatic carbocycles. The Balaban J connectivity index is 1.78.